The van der Waals surface area contributed by atoms with Gasteiger partial charge in [-0.25, -0.2) is 4.79 Å². The van der Waals surface area contributed by atoms with E-state index in [1.165, 1.54) is 10.1 Å². The molecule has 1 amide bonds. The number of para-hydroxylation sites is 2. The molecule has 5 heteroatoms. The summed E-state index contributed by atoms with van der Waals surface area (Å²) in [5.41, 5.74) is 3.35. The Morgan fingerprint density at radius 3 is 2.17 bits per heavy atom. The Bertz CT molecular complexity index is 1150. The Morgan fingerprint density at radius 1 is 0.828 bits per heavy atom. The number of nitrogens with zero attached hydrogens (tertiary/aromatic N) is 2. The summed E-state index contributed by atoms with van der Waals surface area (Å²) < 4.78 is 6.66. The minimum Gasteiger partial charge on any atom is -0.408 e. The van der Waals surface area contributed by atoms with E-state index in [0.717, 1.165) is 12.0 Å². The molecular formula is C24H22N2O3. The summed E-state index contributed by atoms with van der Waals surface area (Å²) in [6, 6.07) is 27.1. The Labute approximate surface area is 168 Å². The van der Waals surface area contributed by atoms with Crippen molar-refractivity contribution in [1.82, 2.24) is 9.47 Å². The van der Waals surface area contributed by atoms with Crippen LogP contribution in [0, 0.1) is 0 Å². The fraction of sp³-hybridized carbons (Fsp3) is 0.167. The van der Waals surface area contributed by atoms with Crippen molar-refractivity contribution in [2.45, 2.75) is 19.5 Å². The van der Waals surface area contributed by atoms with Gasteiger partial charge < -0.3 is 9.32 Å². The van der Waals surface area contributed by atoms with Crippen LogP contribution in [-0.4, -0.2) is 21.9 Å². The molecule has 0 aliphatic rings. The lowest BCUT2D eigenvalue weighted by Crippen LogP contribution is -2.36. The van der Waals surface area contributed by atoms with Crippen LogP contribution >= 0.6 is 0 Å². The number of aromatic nitrogens is 1. The van der Waals surface area contributed by atoms with Gasteiger partial charge in [0.25, 0.3) is 0 Å². The van der Waals surface area contributed by atoms with Crippen molar-refractivity contribution in [3.63, 3.8) is 0 Å². The standard InChI is InChI=1S/C24H22N2O3/c27-23(18-26-21-13-7-8-14-22(21)29-24(26)28)25(17-20-11-5-2-6-12-20)16-15-19-9-3-1-4-10-19/h1-14H,15-18H2. The highest BCUT2D eigenvalue weighted by Crippen LogP contribution is 2.13. The van der Waals surface area contributed by atoms with Gasteiger partial charge in [0.05, 0.1) is 5.52 Å². The summed E-state index contributed by atoms with van der Waals surface area (Å²) in [7, 11) is 0. The quantitative estimate of drug-likeness (QED) is 0.485. The van der Waals surface area contributed by atoms with E-state index < -0.39 is 5.76 Å². The van der Waals surface area contributed by atoms with Crippen molar-refractivity contribution in [2.75, 3.05) is 6.54 Å². The van der Waals surface area contributed by atoms with Gasteiger partial charge >= 0.3 is 5.76 Å². The van der Waals surface area contributed by atoms with E-state index in [0.29, 0.717) is 24.2 Å². The molecule has 1 aromatic heterocycles. The summed E-state index contributed by atoms with van der Waals surface area (Å²) in [6.45, 7) is 1.02. The summed E-state index contributed by atoms with van der Waals surface area (Å²) in [5.74, 6) is -0.624. The normalized spacial score (nSPS) is 10.9. The van der Waals surface area contributed by atoms with Gasteiger partial charge in [-0.1, -0.05) is 72.8 Å². The van der Waals surface area contributed by atoms with Gasteiger partial charge in [0.15, 0.2) is 5.58 Å². The molecule has 0 N–H and O–H groups in total. The zero-order valence-electron chi connectivity index (χ0n) is 16.0. The molecule has 29 heavy (non-hydrogen) atoms. The highest BCUT2D eigenvalue weighted by atomic mass is 16.4. The second-order valence-corrected chi connectivity index (χ2v) is 6.96. The first kappa shape index (κ1) is 18.7. The third kappa shape index (κ3) is 4.46. The number of rotatable bonds is 7. The third-order valence-corrected chi connectivity index (χ3v) is 4.95. The minimum atomic E-state index is -0.512. The van der Waals surface area contributed by atoms with Crippen LogP contribution in [0.15, 0.2) is 94.1 Å². The van der Waals surface area contributed by atoms with Gasteiger partial charge in [-0.2, -0.15) is 0 Å². The highest BCUT2D eigenvalue weighted by Gasteiger charge is 2.18. The smallest absolute Gasteiger partial charge is 0.408 e. The van der Waals surface area contributed by atoms with E-state index in [1.807, 2.05) is 54.6 Å². The van der Waals surface area contributed by atoms with Crippen molar-refractivity contribution >= 4 is 17.0 Å². The number of carbonyl (C=O) groups is 1. The molecule has 146 valence electrons. The van der Waals surface area contributed by atoms with Crippen LogP contribution < -0.4 is 5.76 Å². The van der Waals surface area contributed by atoms with Gasteiger partial charge in [-0.3, -0.25) is 9.36 Å². The van der Waals surface area contributed by atoms with Crippen LogP contribution in [0.1, 0.15) is 11.1 Å². The van der Waals surface area contributed by atoms with Crippen molar-refractivity contribution in [1.29, 1.82) is 0 Å². The van der Waals surface area contributed by atoms with Gasteiger partial charge in [-0.05, 0) is 29.7 Å². The molecule has 4 rings (SSSR count). The zero-order valence-corrected chi connectivity index (χ0v) is 16.0. The lowest BCUT2D eigenvalue weighted by molar-refractivity contribution is -0.132. The Balaban J connectivity index is 1.56. The highest BCUT2D eigenvalue weighted by molar-refractivity contribution is 5.79. The monoisotopic (exact) mass is 386 g/mol. The van der Waals surface area contributed by atoms with E-state index in [-0.39, 0.29) is 12.5 Å². The Morgan fingerprint density at radius 2 is 1.45 bits per heavy atom. The van der Waals surface area contributed by atoms with E-state index in [2.05, 4.69) is 12.1 Å². The predicted octanol–water partition coefficient (Wildman–Crippen LogP) is 3.87. The van der Waals surface area contributed by atoms with Crippen LogP contribution in [0.5, 0.6) is 0 Å². The average Bonchev–Trinajstić information content (AvgIpc) is 3.07. The molecule has 3 aromatic carbocycles. The van der Waals surface area contributed by atoms with Crippen LogP contribution in [0.4, 0.5) is 0 Å². The molecule has 5 nitrogen and oxygen atoms in total. The number of hydrogen-bond donors (Lipinski definition) is 0. The molecule has 0 radical (unpaired) electrons. The molecule has 0 fully saturated rings. The van der Waals surface area contributed by atoms with Crippen LogP contribution in [0.3, 0.4) is 0 Å². The first-order chi connectivity index (χ1) is 14.2. The Hall–Kier alpha value is -3.60. The molecule has 0 unspecified atom stereocenters. The van der Waals surface area contributed by atoms with Gasteiger partial charge in [0.2, 0.25) is 5.91 Å². The number of carbonyl (C=O) groups excluding carboxylic acids is 1. The zero-order chi connectivity index (χ0) is 20.1. The molecule has 1 heterocycles. The molecule has 0 aliphatic heterocycles. The topological polar surface area (TPSA) is 55.5 Å². The van der Waals surface area contributed by atoms with E-state index in [1.54, 1.807) is 23.1 Å². The lowest BCUT2D eigenvalue weighted by atomic mass is 10.1. The number of benzene rings is 3. The summed E-state index contributed by atoms with van der Waals surface area (Å²) >= 11 is 0. The lowest BCUT2D eigenvalue weighted by Gasteiger charge is -2.23. The van der Waals surface area contributed by atoms with Gasteiger partial charge in [-0.15, -0.1) is 0 Å². The van der Waals surface area contributed by atoms with E-state index in [4.69, 9.17) is 4.42 Å². The third-order valence-electron chi connectivity index (χ3n) is 4.95. The number of oxazole rings is 1. The molecule has 0 aliphatic carbocycles. The molecule has 0 atom stereocenters. The first-order valence-corrected chi connectivity index (χ1v) is 9.65. The number of fused-ring (bicyclic) bond motifs is 1. The van der Waals surface area contributed by atoms with Crippen molar-refractivity contribution in [3.8, 4) is 0 Å². The second kappa shape index (κ2) is 8.61. The molecule has 0 spiro atoms. The maximum absolute atomic E-state index is 13.2. The molecule has 0 saturated heterocycles. The van der Waals surface area contributed by atoms with Gasteiger partial charge in [0, 0.05) is 13.1 Å². The van der Waals surface area contributed by atoms with Crippen molar-refractivity contribution < 1.29 is 9.21 Å². The minimum absolute atomic E-state index is 0.0442. The van der Waals surface area contributed by atoms with Crippen LogP contribution in [-0.2, 0) is 24.3 Å². The van der Waals surface area contributed by atoms with Crippen LogP contribution in [0.25, 0.3) is 11.1 Å². The SMILES string of the molecule is O=C(Cn1c(=O)oc2ccccc21)N(CCc1ccccc1)Cc1ccccc1. The number of amides is 1. The largest absolute Gasteiger partial charge is 0.420 e. The summed E-state index contributed by atoms with van der Waals surface area (Å²) in [4.78, 5) is 27.2. The molecule has 4 aromatic rings. The summed E-state index contributed by atoms with van der Waals surface area (Å²) in [5, 5.41) is 0. The second-order valence-electron chi connectivity index (χ2n) is 6.96. The Kier molecular flexibility index (Phi) is 5.56. The van der Waals surface area contributed by atoms with Crippen LogP contribution in [0.2, 0.25) is 0 Å². The maximum atomic E-state index is 13.2. The molecule has 0 saturated carbocycles. The first-order valence-electron chi connectivity index (χ1n) is 9.65. The fourth-order valence-electron chi connectivity index (χ4n) is 3.40. The van der Waals surface area contributed by atoms with Crippen molar-refractivity contribution in [3.05, 3.63) is 107 Å². The number of hydrogen-bond acceptors (Lipinski definition) is 3. The molecule has 0 bridgehead atoms. The van der Waals surface area contributed by atoms with Gasteiger partial charge in [0.1, 0.15) is 6.54 Å². The average molecular weight is 386 g/mol. The van der Waals surface area contributed by atoms with Crippen molar-refractivity contribution in [2.24, 2.45) is 0 Å². The maximum Gasteiger partial charge on any atom is 0.420 e. The molecular weight excluding hydrogens is 364 g/mol. The predicted molar refractivity (Wildman–Crippen MR) is 112 cm³/mol. The fourth-order valence-corrected chi connectivity index (χ4v) is 3.40. The van der Waals surface area contributed by atoms with E-state index in [9.17, 15) is 9.59 Å². The summed E-state index contributed by atoms with van der Waals surface area (Å²) in [6.07, 6.45) is 0.750. The van der Waals surface area contributed by atoms with E-state index >= 15 is 0 Å².